The third-order valence-electron chi connectivity index (χ3n) is 2.95. The predicted octanol–water partition coefficient (Wildman–Crippen LogP) is 2.09. The van der Waals surface area contributed by atoms with E-state index in [4.69, 9.17) is 9.68 Å². The van der Waals surface area contributed by atoms with Crippen molar-refractivity contribution in [3.63, 3.8) is 0 Å². The average Bonchev–Trinajstić information content (AvgIpc) is 2.92. The van der Waals surface area contributed by atoms with Crippen molar-refractivity contribution in [1.82, 2.24) is 9.88 Å². The SMILES string of the molecule is Cc1c(CNCc2ccco2)cc(C#N)n1C. The van der Waals surface area contributed by atoms with Crippen LogP contribution >= 0.6 is 0 Å². The molecule has 0 fully saturated rings. The Bertz CT molecular complexity index is 532. The molecule has 88 valence electrons. The number of furan rings is 1. The molecule has 0 aliphatic carbocycles. The third kappa shape index (κ3) is 2.40. The Morgan fingerprint density at radius 3 is 2.88 bits per heavy atom. The number of nitriles is 1. The van der Waals surface area contributed by atoms with Gasteiger partial charge in [0.15, 0.2) is 0 Å². The zero-order chi connectivity index (χ0) is 12.3. The summed E-state index contributed by atoms with van der Waals surface area (Å²) < 4.78 is 7.14. The van der Waals surface area contributed by atoms with Crippen molar-refractivity contribution < 1.29 is 4.42 Å². The first-order chi connectivity index (χ1) is 8.22. The third-order valence-corrected chi connectivity index (χ3v) is 2.95. The zero-order valence-corrected chi connectivity index (χ0v) is 10.0. The van der Waals surface area contributed by atoms with Gasteiger partial charge in [0.1, 0.15) is 17.5 Å². The van der Waals surface area contributed by atoms with Crippen molar-refractivity contribution in [2.45, 2.75) is 20.0 Å². The summed E-state index contributed by atoms with van der Waals surface area (Å²) in [7, 11) is 1.91. The molecule has 2 aromatic heterocycles. The molecule has 0 saturated carbocycles. The maximum Gasteiger partial charge on any atom is 0.120 e. The monoisotopic (exact) mass is 229 g/mol. The molecular weight excluding hydrogens is 214 g/mol. The van der Waals surface area contributed by atoms with Crippen LogP contribution in [-0.4, -0.2) is 4.57 Å². The highest BCUT2D eigenvalue weighted by atomic mass is 16.3. The Labute approximate surface area is 100 Å². The lowest BCUT2D eigenvalue weighted by Gasteiger charge is -2.03. The fourth-order valence-corrected chi connectivity index (χ4v) is 1.78. The van der Waals surface area contributed by atoms with Crippen LogP contribution in [0, 0.1) is 18.3 Å². The highest BCUT2D eigenvalue weighted by molar-refractivity contribution is 5.34. The summed E-state index contributed by atoms with van der Waals surface area (Å²) in [4.78, 5) is 0. The molecule has 0 aromatic carbocycles. The topological polar surface area (TPSA) is 53.9 Å². The maximum atomic E-state index is 8.93. The van der Waals surface area contributed by atoms with Crippen LogP contribution in [0.5, 0.6) is 0 Å². The van der Waals surface area contributed by atoms with Crippen molar-refractivity contribution in [2.75, 3.05) is 0 Å². The second-order valence-corrected chi connectivity index (χ2v) is 3.99. The normalized spacial score (nSPS) is 10.4. The summed E-state index contributed by atoms with van der Waals surface area (Å²) in [5, 5.41) is 12.2. The molecule has 2 aromatic rings. The molecule has 0 aliphatic rings. The van der Waals surface area contributed by atoms with E-state index in [1.165, 1.54) is 0 Å². The van der Waals surface area contributed by atoms with Gasteiger partial charge in [-0.15, -0.1) is 0 Å². The lowest BCUT2D eigenvalue weighted by atomic mass is 10.2. The second-order valence-electron chi connectivity index (χ2n) is 3.99. The Hall–Kier alpha value is -1.99. The Morgan fingerprint density at radius 2 is 2.29 bits per heavy atom. The number of hydrogen-bond acceptors (Lipinski definition) is 3. The van der Waals surface area contributed by atoms with Crippen LogP contribution in [0.15, 0.2) is 28.9 Å². The largest absolute Gasteiger partial charge is 0.468 e. The van der Waals surface area contributed by atoms with Crippen LogP contribution in [0.3, 0.4) is 0 Å². The summed E-state index contributed by atoms with van der Waals surface area (Å²) in [6.45, 7) is 3.45. The number of aromatic nitrogens is 1. The van der Waals surface area contributed by atoms with E-state index in [0.717, 1.165) is 23.6 Å². The Morgan fingerprint density at radius 1 is 1.47 bits per heavy atom. The summed E-state index contributed by atoms with van der Waals surface area (Å²) in [6.07, 6.45) is 1.67. The molecule has 1 N–H and O–H groups in total. The Kier molecular flexibility index (Phi) is 3.31. The van der Waals surface area contributed by atoms with E-state index in [1.54, 1.807) is 6.26 Å². The van der Waals surface area contributed by atoms with E-state index in [1.807, 2.05) is 36.7 Å². The van der Waals surface area contributed by atoms with Crippen molar-refractivity contribution in [3.05, 3.63) is 47.2 Å². The number of nitrogens with one attached hydrogen (secondary N) is 1. The summed E-state index contributed by atoms with van der Waals surface area (Å²) in [5.41, 5.74) is 2.96. The van der Waals surface area contributed by atoms with Gasteiger partial charge in [-0.1, -0.05) is 0 Å². The molecular formula is C13H15N3O. The standard InChI is InChI=1S/C13H15N3O/c1-10-11(6-12(7-14)16(10)2)8-15-9-13-4-3-5-17-13/h3-6,15H,8-9H2,1-2H3. The fourth-order valence-electron chi connectivity index (χ4n) is 1.78. The number of rotatable bonds is 4. The van der Waals surface area contributed by atoms with E-state index in [0.29, 0.717) is 12.2 Å². The highest BCUT2D eigenvalue weighted by Crippen LogP contribution is 2.13. The van der Waals surface area contributed by atoms with Crippen molar-refractivity contribution >= 4 is 0 Å². The summed E-state index contributed by atoms with van der Waals surface area (Å²) >= 11 is 0. The maximum absolute atomic E-state index is 8.93. The van der Waals surface area contributed by atoms with Crippen molar-refractivity contribution in [1.29, 1.82) is 5.26 Å². The lowest BCUT2D eigenvalue weighted by Crippen LogP contribution is -2.12. The molecule has 4 nitrogen and oxygen atoms in total. The first kappa shape index (κ1) is 11.5. The molecule has 0 unspecified atom stereocenters. The van der Waals surface area contributed by atoms with Gasteiger partial charge < -0.3 is 14.3 Å². The van der Waals surface area contributed by atoms with Gasteiger partial charge >= 0.3 is 0 Å². The lowest BCUT2D eigenvalue weighted by molar-refractivity contribution is 0.482. The number of nitrogens with zero attached hydrogens (tertiary/aromatic N) is 2. The van der Waals surface area contributed by atoms with Crippen LogP contribution in [0.2, 0.25) is 0 Å². The molecule has 0 amide bonds. The minimum atomic E-state index is 0.692. The van der Waals surface area contributed by atoms with Gasteiger partial charge in [-0.05, 0) is 30.7 Å². The quantitative estimate of drug-likeness (QED) is 0.873. The van der Waals surface area contributed by atoms with E-state index >= 15 is 0 Å². The van der Waals surface area contributed by atoms with Crippen LogP contribution in [-0.2, 0) is 20.1 Å². The molecule has 0 atom stereocenters. The Balaban J connectivity index is 1.98. The first-order valence-electron chi connectivity index (χ1n) is 5.50. The van der Waals surface area contributed by atoms with E-state index in [2.05, 4.69) is 11.4 Å². The van der Waals surface area contributed by atoms with Gasteiger partial charge in [-0.3, -0.25) is 0 Å². The molecule has 0 saturated heterocycles. The van der Waals surface area contributed by atoms with Gasteiger partial charge in [0.25, 0.3) is 0 Å². The van der Waals surface area contributed by atoms with Gasteiger partial charge in [-0.2, -0.15) is 5.26 Å². The van der Waals surface area contributed by atoms with Gasteiger partial charge in [0, 0.05) is 19.3 Å². The van der Waals surface area contributed by atoms with Crippen LogP contribution < -0.4 is 5.32 Å². The fraction of sp³-hybridized carbons (Fsp3) is 0.308. The minimum absolute atomic E-state index is 0.692. The molecule has 0 aliphatic heterocycles. The van der Waals surface area contributed by atoms with Crippen LogP contribution in [0.4, 0.5) is 0 Å². The second kappa shape index (κ2) is 4.89. The van der Waals surface area contributed by atoms with Gasteiger partial charge in [0.05, 0.1) is 12.8 Å². The average molecular weight is 229 g/mol. The molecule has 2 rings (SSSR count). The van der Waals surface area contributed by atoms with E-state index in [9.17, 15) is 0 Å². The van der Waals surface area contributed by atoms with E-state index in [-0.39, 0.29) is 0 Å². The highest BCUT2D eigenvalue weighted by Gasteiger charge is 2.07. The van der Waals surface area contributed by atoms with Crippen LogP contribution in [0.25, 0.3) is 0 Å². The number of hydrogen-bond donors (Lipinski definition) is 1. The predicted molar refractivity (Wildman–Crippen MR) is 64.1 cm³/mol. The zero-order valence-electron chi connectivity index (χ0n) is 10.0. The molecule has 0 spiro atoms. The van der Waals surface area contributed by atoms with Crippen molar-refractivity contribution in [3.8, 4) is 6.07 Å². The molecule has 2 heterocycles. The van der Waals surface area contributed by atoms with Gasteiger partial charge in [0.2, 0.25) is 0 Å². The van der Waals surface area contributed by atoms with Crippen LogP contribution in [0.1, 0.15) is 22.7 Å². The minimum Gasteiger partial charge on any atom is -0.468 e. The van der Waals surface area contributed by atoms with Gasteiger partial charge in [-0.25, -0.2) is 0 Å². The first-order valence-corrected chi connectivity index (χ1v) is 5.50. The van der Waals surface area contributed by atoms with E-state index < -0.39 is 0 Å². The molecule has 4 heteroatoms. The molecule has 0 bridgehead atoms. The molecule has 0 radical (unpaired) electrons. The summed E-state index contributed by atoms with van der Waals surface area (Å²) in [5.74, 6) is 0.916. The smallest absolute Gasteiger partial charge is 0.120 e. The molecule has 17 heavy (non-hydrogen) atoms. The summed E-state index contributed by atoms with van der Waals surface area (Å²) in [6, 6.07) is 7.91. The van der Waals surface area contributed by atoms with Crippen molar-refractivity contribution in [2.24, 2.45) is 7.05 Å².